The van der Waals surface area contributed by atoms with E-state index < -0.39 is 0 Å². The van der Waals surface area contributed by atoms with Crippen LogP contribution in [-0.2, 0) is 5.88 Å². The van der Waals surface area contributed by atoms with Crippen molar-refractivity contribution in [2.45, 2.75) is 5.88 Å². The van der Waals surface area contributed by atoms with Gasteiger partial charge < -0.3 is 4.74 Å². The number of halogens is 4. The summed E-state index contributed by atoms with van der Waals surface area (Å²) in [7, 11) is 0. The van der Waals surface area contributed by atoms with Gasteiger partial charge >= 0.3 is 0 Å². The van der Waals surface area contributed by atoms with Crippen LogP contribution in [-0.4, -0.2) is 0 Å². The number of alkyl halides is 1. The van der Waals surface area contributed by atoms with Crippen LogP contribution in [0.4, 0.5) is 0 Å². The Hall–Kier alpha value is -0.410. The van der Waals surface area contributed by atoms with E-state index in [-0.39, 0.29) is 0 Å². The standard InChI is InChI=1S/C13H8BrCl3O/c14-10-6-9(16)4-5-12(10)18-13-8(7-15)2-1-3-11(13)17/h1-6H,7H2. The third-order valence-corrected chi connectivity index (χ3v) is 3.74. The molecule has 0 spiro atoms. The minimum atomic E-state index is 0.334. The first-order valence-electron chi connectivity index (χ1n) is 5.08. The summed E-state index contributed by atoms with van der Waals surface area (Å²) in [5.74, 6) is 1.54. The Morgan fingerprint density at radius 2 is 1.89 bits per heavy atom. The molecule has 0 fully saturated rings. The average Bonchev–Trinajstić information content (AvgIpc) is 2.34. The summed E-state index contributed by atoms with van der Waals surface area (Å²) < 4.78 is 6.55. The first-order chi connectivity index (χ1) is 8.61. The quantitative estimate of drug-likeness (QED) is 0.580. The van der Waals surface area contributed by atoms with Crippen molar-refractivity contribution < 1.29 is 4.74 Å². The van der Waals surface area contributed by atoms with Gasteiger partial charge in [0, 0.05) is 10.6 Å². The van der Waals surface area contributed by atoms with Gasteiger partial charge in [-0.05, 0) is 40.2 Å². The molecule has 0 amide bonds. The third kappa shape index (κ3) is 3.12. The highest BCUT2D eigenvalue weighted by molar-refractivity contribution is 9.10. The lowest BCUT2D eigenvalue weighted by molar-refractivity contribution is 0.475. The molecule has 0 aliphatic rings. The molecule has 0 aliphatic heterocycles. The van der Waals surface area contributed by atoms with Crippen LogP contribution in [0.25, 0.3) is 0 Å². The van der Waals surface area contributed by atoms with Crippen molar-refractivity contribution >= 4 is 50.7 Å². The molecule has 0 N–H and O–H groups in total. The van der Waals surface area contributed by atoms with Crippen molar-refractivity contribution in [3.05, 3.63) is 56.5 Å². The molecule has 0 aromatic heterocycles. The van der Waals surface area contributed by atoms with E-state index in [2.05, 4.69) is 15.9 Å². The van der Waals surface area contributed by atoms with Gasteiger partial charge in [-0.1, -0.05) is 35.3 Å². The minimum Gasteiger partial charge on any atom is -0.454 e. The molecule has 0 saturated heterocycles. The van der Waals surface area contributed by atoms with Crippen LogP contribution >= 0.6 is 50.7 Å². The summed E-state index contributed by atoms with van der Waals surface area (Å²) in [6, 6.07) is 10.7. The maximum absolute atomic E-state index is 6.12. The van der Waals surface area contributed by atoms with E-state index in [0.717, 1.165) is 10.0 Å². The van der Waals surface area contributed by atoms with Crippen LogP contribution in [0.2, 0.25) is 10.0 Å². The lowest BCUT2D eigenvalue weighted by Crippen LogP contribution is -1.91. The summed E-state index contributed by atoms with van der Waals surface area (Å²) in [5, 5.41) is 1.15. The molecule has 0 unspecified atom stereocenters. The SMILES string of the molecule is ClCc1cccc(Cl)c1Oc1ccc(Cl)cc1Br. The molecule has 94 valence electrons. The average molecular weight is 366 g/mol. The van der Waals surface area contributed by atoms with Crippen molar-refractivity contribution in [3.63, 3.8) is 0 Å². The first-order valence-corrected chi connectivity index (χ1v) is 7.16. The van der Waals surface area contributed by atoms with Gasteiger partial charge in [0.2, 0.25) is 0 Å². The number of hydrogen-bond donors (Lipinski definition) is 0. The molecule has 0 radical (unpaired) electrons. The summed E-state index contributed by atoms with van der Waals surface area (Å²) in [4.78, 5) is 0. The highest BCUT2D eigenvalue weighted by Crippen LogP contribution is 2.37. The van der Waals surface area contributed by atoms with Gasteiger partial charge in [0.25, 0.3) is 0 Å². The van der Waals surface area contributed by atoms with E-state index in [9.17, 15) is 0 Å². The predicted molar refractivity (Wildman–Crippen MR) is 80.2 cm³/mol. The monoisotopic (exact) mass is 364 g/mol. The zero-order valence-corrected chi connectivity index (χ0v) is 12.9. The molecule has 2 aromatic carbocycles. The van der Waals surface area contributed by atoms with E-state index >= 15 is 0 Å². The molecule has 1 nitrogen and oxygen atoms in total. The van der Waals surface area contributed by atoms with Gasteiger partial charge in [0.15, 0.2) is 0 Å². The molecule has 2 rings (SSSR count). The predicted octanol–water partition coefficient (Wildman–Crippen LogP) is 6.29. The van der Waals surface area contributed by atoms with Gasteiger partial charge in [-0.3, -0.25) is 0 Å². The molecule has 5 heteroatoms. The molecule has 0 saturated carbocycles. The Kier molecular flexibility index (Phi) is 4.79. The largest absolute Gasteiger partial charge is 0.454 e. The Balaban J connectivity index is 2.39. The van der Waals surface area contributed by atoms with Crippen LogP contribution in [0, 0.1) is 0 Å². The first kappa shape index (κ1) is 14.0. The second-order valence-corrected chi connectivity index (χ2v) is 5.50. The van der Waals surface area contributed by atoms with Gasteiger partial charge in [0.1, 0.15) is 11.5 Å². The number of hydrogen-bond acceptors (Lipinski definition) is 1. The molecule has 0 bridgehead atoms. The van der Waals surface area contributed by atoms with Gasteiger partial charge in [-0.25, -0.2) is 0 Å². The second-order valence-electron chi connectivity index (χ2n) is 3.54. The lowest BCUT2D eigenvalue weighted by atomic mass is 10.2. The number of benzene rings is 2. The minimum absolute atomic E-state index is 0.334. The Morgan fingerprint density at radius 1 is 1.11 bits per heavy atom. The van der Waals surface area contributed by atoms with Crippen molar-refractivity contribution in [1.82, 2.24) is 0 Å². The highest BCUT2D eigenvalue weighted by atomic mass is 79.9. The van der Waals surface area contributed by atoms with Crippen LogP contribution in [0.15, 0.2) is 40.9 Å². The van der Waals surface area contributed by atoms with Crippen molar-refractivity contribution in [3.8, 4) is 11.5 Å². The Morgan fingerprint density at radius 3 is 2.56 bits per heavy atom. The lowest BCUT2D eigenvalue weighted by Gasteiger charge is -2.12. The maximum Gasteiger partial charge on any atom is 0.150 e. The zero-order valence-electron chi connectivity index (χ0n) is 9.09. The number of ether oxygens (including phenoxy) is 1. The van der Waals surface area contributed by atoms with Crippen LogP contribution in [0.5, 0.6) is 11.5 Å². The third-order valence-electron chi connectivity index (χ3n) is 2.30. The molecule has 0 aliphatic carbocycles. The van der Waals surface area contributed by atoms with E-state index in [1.807, 2.05) is 12.1 Å². The maximum atomic E-state index is 6.12. The highest BCUT2D eigenvalue weighted by Gasteiger charge is 2.11. The van der Waals surface area contributed by atoms with Gasteiger partial charge in [0.05, 0.1) is 15.4 Å². The summed E-state index contributed by atoms with van der Waals surface area (Å²) in [5.41, 5.74) is 0.839. The molecular formula is C13H8BrCl3O. The fraction of sp³-hybridized carbons (Fsp3) is 0.0769. The molecule has 0 atom stereocenters. The topological polar surface area (TPSA) is 9.23 Å². The zero-order chi connectivity index (χ0) is 13.1. The van der Waals surface area contributed by atoms with Crippen molar-refractivity contribution in [2.24, 2.45) is 0 Å². The summed E-state index contributed by atoms with van der Waals surface area (Å²) in [6.07, 6.45) is 0. The Labute approximate surface area is 129 Å². The number of rotatable bonds is 3. The smallest absolute Gasteiger partial charge is 0.150 e. The van der Waals surface area contributed by atoms with E-state index in [1.165, 1.54) is 0 Å². The van der Waals surface area contributed by atoms with Crippen LogP contribution in [0.1, 0.15) is 5.56 Å². The van der Waals surface area contributed by atoms with Crippen molar-refractivity contribution in [1.29, 1.82) is 0 Å². The summed E-state index contributed by atoms with van der Waals surface area (Å²) in [6.45, 7) is 0. The second kappa shape index (κ2) is 6.16. The van der Waals surface area contributed by atoms with E-state index in [4.69, 9.17) is 39.5 Å². The van der Waals surface area contributed by atoms with Gasteiger partial charge in [-0.2, -0.15) is 0 Å². The van der Waals surface area contributed by atoms with Crippen LogP contribution in [0.3, 0.4) is 0 Å². The molecular weight excluding hydrogens is 358 g/mol. The van der Waals surface area contributed by atoms with E-state index in [1.54, 1.807) is 24.3 Å². The van der Waals surface area contributed by atoms with Crippen LogP contribution < -0.4 is 4.74 Å². The molecule has 2 aromatic rings. The fourth-order valence-corrected chi connectivity index (χ4v) is 2.65. The van der Waals surface area contributed by atoms with Crippen molar-refractivity contribution in [2.75, 3.05) is 0 Å². The Bertz CT molecular complexity index is 572. The molecule has 18 heavy (non-hydrogen) atoms. The molecule has 0 heterocycles. The summed E-state index contributed by atoms with van der Waals surface area (Å²) >= 11 is 21.2. The van der Waals surface area contributed by atoms with E-state index in [0.29, 0.717) is 27.4 Å². The fourth-order valence-electron chi connectivity index (χ4n) is 1.44. The van der Waals surface area contributed by atoms with Gasteiger partial charge in [-0.15, -0.1) is 11.6 Å². The normalized spacial score (nSPS) is 10.4. The number of para-hydroxylation sites is 1.